The van der Waals surface area contributed by atoms with Gasteiger partial charge in [0.1, 0.15) is 18.2 Å². The number of rotatable bonds is 7. The molecule has 0 spiro atoms. The molecule has 1 aliphatic heterocycles. The normalized spacial score (nSPS) is 13.1. The summed E-state index contributed by atoms with van der Waals surface area (Å²) in [5.74, 6) is -3.12. The van der Waals surface area contributed by atoms with Crippen molar-refractivity contribution in [3.8, 4) is 16.9 Å². The summed E-state index contributed by atoms with van der Waals surface area (Å²) in [5.41, 5.74) is 2.53. The molecule has 4 rings (SSSR count). The Labute approximate surface area is 204 Å². The lowest BCUT2D eigenvalue weighted by Gasteiger charge is -2.29. The van der Waals surface area contributed by atoms with Crippen molar-refractivity contribution in [1.82, 2.24) is 5.06 Å². The number of benzene rings is 3. The number of methoxy groups -OCH3 is 1. The van der Waals surface area contributed by atoms with Crippen molar-refractivity contribution in [1.29, 1.82) is 0 Å². The number of carboxylic acid groups (broad SMARTS) is 1. The monoisotopic (exact) mass is 501 g/mol. The van der Waals surface area contributed by atoms with Gasteiger partial charge in [-0.1, -0.05) is 24.3 Å². The van der Waals surface area contributed by atoms with Gasteiger partial charge in [0.25, 0.3) is 0 Å². The smallest absolute Gasteiger partial charge is 0.496 e. The first-order valence-corrected chi connectivity index (χ1v) is 11.0. The first kappa shape index (κ1) is 25.1. The number of ether oxygens (including phenoxy) is 2. The topological polar surface area (TPSA) is 85.3 Å². The van der Waals surface area contributed by atoms with Crippen molar-refractivity contribution in [2.45, 2.75) is 26.0 Å². The first-order valence-electron chi connectivity index (χ1n) is 11.0. The molecule has 7 nitrogen and oxygen atoms in total. The van der Waals surface area contributed by atoms with Crippen LogP contribution in [0.2, 0.25) is 0 Å². The average molecular weight is 501 g/mol. The fraction of sp³-hybridized carbons (Fsp3) is 0.231. The number of nitrogens with zero attached hydrogens (tertiary/aromatic N) is 1. The summed E-state index contributed by atoms with van der Waals surface area (Å²) in [5, 5.41) is 10.4. The minimum absolute atomic E-state index is 0.0121. The molecule has 0 radical (unpaired) electrons. The van der Waals surface area contributed by atoms with Crippen LogP contribution in [-0.4, -0.2) is 35.9 Å². The molecule has 0 saturated carbocycles. The predicted octanol–water partition coefficient (Wildman–Crippen LogP) is 5.03. The minimum atomic E-state index is -1.12. The van der Waals surface area contributed by atoms with Crippen molar-refractivity contribution in [3.05, 3.63) is 88.2 Å². The highest BCUT2D eigenvalue weighted by Crippen LogP contribution is 2.37. The van der Waals surface area contributed by atoms with Gasteiger partial charge in [-0.2, -0.15) is 0 Å². The number of hydroxylamine groups is 2. The second-order valence-corrected chi connectivity index (χ2v) is 8.11. The van der Waals surface area contributed by atoms with E-state index in [1.807, 2.05) is 0 Å². The number of hydrogen-bond acceptors (Lipinski definition) is 6. The Balaban J connectivity index is 1.55. The Morgan fingerprint density at radius 2 is 1.81 bits per heavy atom. The zero-order chi connectivity index (χ0) is 25.8. The van der Waals surface area contributed by atoms with E-state index in [1.165, 1.54) is 30.4 Å². The van der Waals surface area contributed by atoms with Gasteiger partial charge in [0.15, 0.2) is 11.6 Å². The summed E-state index contributed by atoms with van der Waals surface area (Å²) >= 11 is 0. The van der Waals surface area contributed by atoms with Crippen LogP contribution in [-0.2, 0) is 40.4 Å². The van der Waals surface area contributed by atoms with Crippen LogP contribution >= 0.6 is 0 Å². The highest BCUT2D eigenvalue weighted by molar-refractivity contribution is 5.77. The third kappa shape index (κ3) is 5.44. The second kappa shape index (κ2) is 10.7. The van der Waals surface area contributed by atoms with E-state index in [4.69, 9.17) is 19.4 Å². The van der Waals surface area contributed by atoms with E-state index in [-0.39, 0.29) is 31.5 Å². The highest BCUT2D eigenvalue weighted by atomic mass is 19.2. The first-order chi connectivity index (χ1) is 17.3. The molecular weight excluding hydrogens is 479 g/mol. The molecular formula is C26H22F3NO6. The van der Waals surface area contributed by atoms with Gasteiger partial charge in [0.2, 0.25) is 0 Å². The zero-order valence-electron chi connectivity index (χ0n) is 19.2. The van der Waals surface area contributed by atoms with E-state index in [9.17, 15) is 22.8 Å². The summed E-state index contributed by atoms with van der Waals surface area (Å²) < 4.78 is 52.1. The van der Waals surface area contributed by atoms with E-state index in [2.05, 4.69) is 0 Å². The number of carboxylic acids is 1. The van der Waals surface area contributed by atoms with Gasteiger partial charge in [-0.05, 0) is 52.9 Å². The van der Waals surface area contributed by atoms with Crippen molar-refractivity contribution in [2.75, 3.05) is 13.7 Å². The van der Waals surface area contributed by atoms with Crippen LogP contribution in [0, 0.1) is 17.5 Å². The molecule has 1 aliphatic rings. The predicted molar refractivity (Wildman–Crippen MR) is 121 cm³/mol. The van der Waals surface area contributed by atoms with Crippen LogP contribution in [0.4, 0.5) is 18.0 Å². The number of hydrogen-bond donors (Lipinski definition) is 1. The maximum absolute atomic E-state index is 14.6. The van der Waals surface area contributed by atoms with Crippen molar-refractivity contribution in [2.24, 2.45) is 0 Å². The number of halogens is 3. The Hall–Kier alpha value is -4.05. The summed E-state index contributed by atoms with van der Waals surface area (Å²) in [7, 11) is 1.47. The largest absolute Gasteiger partial charge is 0.528 e. The molecule has 0 atom stereocenters. The molecule has 3 aromatic carbocycles. The third-order valence-electron chi connectivity index (χ3n) is 5.81. The van der Waals surface area contributed by atoms with E-state index >= 15 is 0 Å². The molecule has 1 heterocycles. The highest BCUT2D eigenvalue weighted by Gasteiger charge is 2.27. The Bertz CT molecular complexity index is 1310. The van der Waals surface area contributed by atoms with E-state index < -0.39 is 36.2 Å². The number of fused-ring (bicyclic) bond motifs is 1. The molecule has 0 aromatic heterocycles. The average Bonchev–Trinajstić information content (AvgIpc) is 2.85. The Morgan fingerprint density at radius 3 is 2.56 bits per heavy atom. The van der Waals surface area contributed by atoms with Crippen molar-refractivity contribution < 1.29 is 42.2 Å². The maximum Gasteiger partial charge on any atom is 0.528 e. The summed E-state index contributed by atoms with van der Waals surface area (Å²) in [6, 6.07) is 11.4. The van der Waals surface area contributed by atoms with Crippen LogP contribution in [0.3, 0.4) is 0 Å². The second-order valence-electron chi connectivity index (χ2n) is 8.11. The van der Waals surface area contributed by atoms with Crippen molar-refractivity contribution >= 4 is 12.1 Å². The summed E-state index contributed by atoms with van der Waals surface area (Å²) in [4.78, 5) is 28.6. The van der Waals surface area contributed by atoms with Crippen LogP contribution < -0.4 is 4.74 Å². The van der Waals surface area contributed by atoms with Gasteiger partial charge in [0.05, 0.1) is 20.1 Å². The molecule has 10 heteroatoms. The maximum atomic E-state index is 14.6. The Morgan fingerprint density at radius 1 is 1.00 bits per heavy atom. The molecule has 0 amide bonds. The fourth-order valence-corrected chi connectivity index (χ4v) is 4.12. The number of carbonyl (C=O) groups excluding carboxylic acids is 1. The summed E-state index contributed by atoms with van der Waals surface area (Å²) in [6.07, 6.45) is -1.10. The van der Waals surface area contributed by atoms with Crippen molar-refractivity contribution in [3.63, 3.8) is 0 Å². The molecule has 0 aliphatic carbocycles. The molecule has 0 fully saturated rings. The molecule has 36 heavy (non-hydrogen) atoms. The van der Waals surface area contributed by atoms with Gasteiger partial charge < -0.3 is 19.4 Å². The SMILES string of the molecule is COc1ccc(CC(=O)O)cc1-c1ccc(F)c2c1CN(OC(=O)OCc1cccc(F)c1F)CC2. The van der Waals surface area contributed by atoms with Crippen LogP contribution in [0.5, 0.6) is 5.75 Å². The van der Waals surface area contributed by atoms with Gasteiger partial charge in [0, 0.05) is 17.7 Å². The van der Waals surface area contributed by atoms with Crippen LogP contribution in [0.25, 0.3) is 11.1 Å². The molecule has 0 saturated heterocycles. The number of aliphatic carboxylic acids is 1. The Kier molecular flexibility index (Phi) is 7.44. The minimum Gasteiger partial charge on any atom is -0.496 e. The lowest BCUT2D eigenvalue weighted by Crippen LogP contribution is -2.34. The molecule has 3 aromatic rings. The van der Waals surface area contributed by atoms with E-state index in [0.717, 1.165) is 6.07 Å². The van der Waals surface area contributed by atoms with Crippen LogP contribution in [0.15, 0.2) is 48.5 Å². The molecule has 0 bridgehead atoms. The zero-order valence-corrected chi connectivity index (χ0v) is 19.2. The van der Waals surface area contributed by atoms with Gasteiger partial charge in [-0.15, -0.1) is 5.06 Å². The van der Waals surface area contributed by atoms with Gasteiger partial charge in [-0.3, -0.25) is 4.79 Å². The fourth-order valence-electron chi connectivity index (χ4n) is 4.12. The van der Waals surface area contributed by atoms with Crippen LogP contribution in [0.1, 0.15) is 22.3 Å². The van der Waals surface area contributed by atoms with Gasteiger partial charge >= 0.3 is 12.1 Å². The summed E-state index contributed by atoms with van der Waals surface area (Å²) in [6.45, 7) is -0.342. The molecule has 188 valence electrons. The van der Waals surface area contributed by atoms with E-state index in [0.29, 0.717) is 33.6 Å². The lowest BCUT2D eigenvalue weighted by atomic mass is 9.90. The molecule has 1 N–H and O–H groups in total. The van der Waals surface area contributed by atoms with E-state index in [1.54, 1.807) is 24.3 Å². The quantitative estimate of drug-likeness (QED) is 0.455. The number of carbonyl (C=O) groups is 2. The third-order valence-corrected chi connectivity index (χ3v) is 5.81. The lowest BCUT2D eigenvalue weighted by molar-refractivity contribution is -0.139. The molecule has 0 unspecified atom stereocenters. The van der Waals surface area contributed by atoms with Gasteiger partial charge in [-0.25, -0.2) is 18.0 Å². The standard InChI is InChI=1S/C26H22F3NO6/c1-34-23-8-5-15(12-24(31)32)11-19(23)17-6-7-21(27)18-9-10-30(13-20(17)18)36-26(33)35-14-16-3-2-4-22(28)25(16)29/h2-8,11H,9-10,12-14H2,1H3,(H,31,32).